The van der Waals surface area contributed by atoms with Crippen LogP contribution in [-0.4, -0.2) is 36.6 Å². The monoisotopic (exact) mass is 252 g/mol. The van der Waals surface area contributed by atoms with Gasteiger partial charge in [0.1, 0.15) is 0 Å². The van der Waals surface area contributed by atoms with Crippen LogP contribution in [0.5, 0.6) is 0 Å². The molecule has 18 heavy (non-hydrogen) atoms. The van der Waals surface area contributed by atoms with E-state index < -0.39 is 0 Å². The highest BCUT2D eigenvalue weighted by molar-refractivity contribution is 4.99. The first kappa shape index (κ1) is 14.3. The Hall–Kier alpha value is -0.0800. The molecule has 1 saturated heterocycles. The molecule has 1 heterocycles. The summed E-state index contributed by atoms with van der Waals surface area (Å²) in [5, 5.41) is 3.73. The lowest BCUT2D eigenvalue weighted by atomic mass is 9.86. The first-order valence-electron chi connectivity index (χ1n) is 7.93. The maximum absolute atomic E-state index is 3.73. The van der Waals surface area contributed by atoms with E-state index in [1.54, 1.807) is 0 Å². The fourth-order valence-corrected chi connectivity index (χ4v) is 3.49. The molecule has 1 aliphatic heterocycles. The minimum atomic E-state index is 0.625. The highest BCUT2D eigenvalue weighted by atomic mass is 15.2. The largest absolute Gasteiger partial charge is 0.314 e. The van der Waals surface area contributed by atoms with E-state index in [1.165, 1.54) is 38.9 Å². The summed E-state index contributed by atoms with van der Waals surface area (Å²) in [5.41, 5.74) is 0.625. The lowest BCUT2D eigenvalue weighted by Gasteiger charge is -2.43. The predicted octanol–water partition coefficient (Wildman–Crippen LogP) is 3.13. The van der Waals surface area contributed by atoms with Crippen LogP contribution in [0.15, 0.2) is 0 Å². The third-order valence-corrected chi connectivity index (χ3v) is 5.53. The molecule has 4 unspecified atom stereocenters. The van der Waals surface area contributed by atoms with E-state index in [2.05, 4.69) is 44.8 Å². The van der Waals surface area contributed by atoms with Gasteiger partial charge in [-0.15, -0.1) is 0 Å². The van der Waals surface area contributed by atoms with Crippen molar-refractivity contribution in [2.45, 2.75) is 66.0 Å². The Bertz CT molecular complexity index is 274. The molecule has 2 nitrogen and oxygen atoms in total. The van der Waals surface area contributed by atoms with Crippen molar-refractivity contribution in [3.8, 4) is 0 Å². The summed E-state index contributed by atoms with van der Waals surface area (Å²) in [5.74, 6) is 1.74. The summed E-state index contributed by atoms with van der Waals surface area (Å²) in [6, 6.07) is 1.48. The van der Waals surface area contributed by atoms with Gasteiger partial charge in [0.25, 0.3) is 0 Å². The van der Waals surface area contributed by atoms with Gasteiger partial charge >= 0.3 is 0 Å². The normalized spacial score (nSPS) is 39.8. The first-order chi connectivity index (χ1) is 8.45. The molecule has 1 aliphatic carbocycles. The Morgan fingerprint density at radius 1 is 1.28 bits per heavy atom. The molecule has 2 aliphatic rings. The van der Waals surface area contributed by atoms with Crippen LogP contribution in [0.25, 0.3) is 0 Å². The first-order valence-corrected chi connectivity index (χ1v) is 7.93. The molecule has 0 radical (unpaired) electrons. The molecule has 0 aromatic heterocycles. The van der Waals surface area contributed by atoms with E-state index in [1.807, 2.05) is 0 Å². The maximum atomic E-state index is 3.73. The molecule has 2 rings (SSSR count). The van der Waals surface area contributed by atoms with Crippen LogP contribution in [0.3, 0.4) is 0 Å². The van der Waals surface area contributed by atoms with Crippen molar-refractivity contribution in [3.63, 3.8) is 0 Å². The van der Waals surface area contributed by atoms with E-state index >= 15 is 0 Å². The maximum Gasteiger partial charge on any atom is 0.0120 e. The molecule has 0 spiro atoms. The van der Waals surface area contributed by atoms with E-state index in [0.717, 1.165) is 23.9 Å². The van der Waals surface area contributed by atoms with Gasteiger partial charge in [-0.3, -0.25) is 4.90 Å². The van der Waals surface area contributed by atoms with Crippen molar-refractivity contribution >= 4 is 0 Å². The lowest BCUT2D eigenvalue weighted by Crippen LogP contribution is -2.54. The second-order valence-corrected chi connectivity index (χ2v) is 7.33. The molecule has 0 aromatic carbocycles. The minimum absolute atomic E-state index is 0.625. The van der Waals surface area contributed by atoms with Gasteiger partial charge in [-0.25, -0.2) is 0 Å². The molecule has 0 aromatic rings. The molecule has 0 bridgehead atoms. The van der Waals surface area contributed by atoms with Crippen molar-refractivity contribution < 1.29 is 0 Å². The van der Waals surface area contributed by atoms with Crippen LogP contribution >= 0.6 is 0 Å². The van der Waals surface area contributed by atoms with Crippen LogP contribution in [-0.2, 0) is 0 Å². The minimum Gasteiger partial charge on any atom is -0.314 e. The summed E-state index contributed by atoms with van der Waals surface area (Å²) in [6.45, 7) is 15.8. The SMILES string of the molecule is CCCNC1CCN(CC2CC2(C)C)C(C)C1C. The van der Waals surface area contributed by atoms with Crippen LogP contribution in [0.1, 0.15) is 53.9 Å². The third kappa shape index (κ3) is 3.08. The number of hydrogen-bond donors (Lipinski definition) is 1. The zero-order valence-corrected chi connectivity index (χ0v) is 13.0. The third-order valence-electron chi connectivity index (χ3n) is 5.53. The zero-order chi connectivity index (χ0) is 13.3. The van der Waals surface area contributed by atoms with Crippen LogP contribution < -0.4 is 5.32 Å². The zero-order valence-electron chi connectivity index (χ0n) is 13.0. The van der Waals surface area contributed by atoms with E-state index in [4.69, 9.17) is 0 Å². The highest BCUT2D eigenvalue weighted by Gasteiger charge is 2.47. The fraction of sp³-hybridized carbons (Fsp3) is 1.00. The summed E-state index contributed by atoms with van der Waals surface area (Å²) in [4.78, 5) is 2.74. The Labute approximate surface area is 114 Å². The Morgan fingerprint density at radius 2 is 1.94 bits per heavy atom. The number of nitrogens with one attached hydrogen (secondary N) is 1. The average Bonchev–Trinajstić information content (AvgIpc) is 2.92. The van der Waals surface area contributed by atoms with Crippen molar-refractivity contribution in [2.75, 3.05) is 19.6 Å². The lowest BCUT2D eigenvalue weighted by molar-refractivity contribution is 0.0776. The van der Waals surface area contributed by atoms with E-state index in [9.17, 15) is 0 Å². The van der Waals surface area contributed by atoms with E-state index in [-0.39, 0.29) is 0 Å². The smallest absolute Gasteiger partial charge is 0.0120 e. The Kier molecular flexibility index (Phi) is 4.38. The van der Waals surface area contributed by atoms with Crippen LogP contribution in [0, 0.1) is 17.3 Å². The number of likely N-dealkylation sites (tertiary alicyclic amines) is 1. The molecule has 1 saturated carbocycles. The quantitative estimate of drug-likeness (QED) is 0.809. The van der Waals surface area contributed by atoms with Gasteiger partial charge in [-0.05, 0) is 56.5 Å². The summed E-state index contributed by atoms with van der Waals surface area (Å²) >= 11 is 0. The van der Waals surface area contributed by atoms with Gasteiger partial charge in [0.05, 0.1) is 0 Å². The predicted molar refractivity (Wildman–Crippen MR) is 78.8 cm³/mol. The highest BCUT2D eigenvalue weighted by Crippen LogP contribution is 2.52. The van der Waals surface area contributed by atoms with Crippen molar-refractivity contribution in [3.05, 3.63) is 0 Å². The molecule has 2 heteroatoms. The molecule has 0 amide bonds. The Balaban J connectivity index is 1.82. The average molecular weight is 252 g/mol. The fourth-order valence-electron chi connectivity index (χ4n) is 3.49. The van der Waals surface area contributed by atoms with Crippen molar-refractivity contribution in [1.82, 2.24) is 10.2 Å². The van der Waals surface area contributed by atoms with Gasteiger partial charge in [0.15, 0.2) is 0 Å². The second-order valence-electron chi connectivity index (χ2n) is 7.33. The van der Waals surface area contributed by atoms with Crippen LogP contribution in [0.4, 0.5) is 0 Å². The summed E-state index contributed by atoms with van der Waals surface area (Å²) in [7, 11) is 0. The molecule has 4 atom stereocenters. The van der Waals surface area contributed by atoms with Gasteiger partial charge in [-0.1, -0.05) is 27.7 Å². The van der Waals surface area contributed by atoms with Crippen LogP contribution in [0.2, 0.25) is 0 Å². The summed E-state index contributed by atoms with van der Waals surface area (Å²) < 4.78 is 0. The number of piperidine rings is 1. The topological polar surface area (TPSA) is 15.3 Å². The van der Waals surface area contributed by atoms with Gasteiger partial charge in [0.2, 0.25) is 0 Å². The summed E-state index contributed by atoms with van der Waals surface area (Å²) in [6.07, 6.45) is 4.01. The van der Waals surface area contributed by atoms with Gasteiger partial charge < -0.3 is 5.32 Å². The molecular formula is C16H32N2. The molecule has 2 fully saturated rings. The Morgan fingerprint density at radius 3 is 2.50 bits per heavy atom. The van der Waals surface area contributed by atoms with Gasteiger partial charge in [-0.2, -0.15) is 0 Å². The van der Waals surface area contributed by atoms with Crippen molar-refractivity contribution in [2.24, 2.45) is 17.3 Å². The standard InChI is InChI=1S/C16H32N2/c1-6-8-17-15-7-9-18(13(3)12(15)2)11-14-10-16(14,4)5/h12-15,17H,6-11H2,1-5H3. The molecule has 1 N–H and O–H groups in total. The van der Waals surface area contributed by atoms with E-state index in [0.29, 0.717) is 5.41 Å². The molecule has 106 valence electrons. The molecular weight excluding hydrogens is 220 g/mol. The van der Waals surface area contributed by atoms with Crippen molar-refractivity contribution in [1.29, 1.82) is 0 Å². The van der Waals surface area contributed by atoms with Gasteiger partial charge in [0, 0.05) is 18.6 Å². The number of rotatable bonds is 5. The second kappa shape index (κ2) is 5.50. The number of hydrogen-bond acceptors (Lipinski definition) is 2. The number of nitrogens with zero attached hydrogens (tertiary/aromatic N) is 1.